The maximum Gasteiger partial charge on any atom is 0.267 e. The van der Waals surface area contributed by atoms with Crippen LogP contribution in [0.2, 0.25) is 0 Å². The first-order chi connectivity index (χ1) is 27.3. The molecule has 304 valence electrons. The fraction of sp³-hybridized carbons (Fsp3) is 0.463. The molecule has 0 bridgehead atoms. The molecule has 6 heterocycles. The third kappa shape index (κ3) is 9.60. The second kappa shape index (κ2) is 17.8. The van der Waals surface area contributed by atoms with E-state index in [0.29, 0.717) is 23.8 Å². The van der Waals surface area contributed by atoms with Crippen LogP contribution >= 0.6 is 0 Å². The number of benzene rings is 1. The minimum absolute atomic E-state index is 0.0115. The standard InChI is InChI=1S/C17H18F4N2O2.C17H22N2O2.C7H8N4/c1-23-5-4-12(17(20,21)8-23)11-7-13(18)10(6-14(11)19)9-2-3-15(24)22-16(9)25;1-12(2)21-16-8-17-18-15(13-6-4-3-5-7-13)10-19(17)9-14(16)11-20;1-8-6-5-10-11-4-2-3-9-7(6)11/h6-7,9,12H,2-5,8H2,1H3,(H,22,24,25);8-13H,3-7H2,1-2H3;2-5,8H,1H3. The molecule has 1 aromatic carbocycles. The van der Waals surface area contributed by atoms with E-state index >= 15 is 0 Å². The zero-order valence-corrected chi connectivity index (χ0v) is 32.5. The number of fused-ring (bicyclic) bond motifs is 2. The normalized spacial score (nSPS) is 20.0. The molecule has 3 fully saturated rings. The molecule has 1 aliphatic carbocycles. The summed E-state index contributed by atoms with van der Waals surface area (Å²) in [6.07, 6.45) is 16.6. The number of alkyl halides is 2. The van der Waals surface area contributed by atoms with E-state index in [2.05, 4.69) is 26.9 Å². The molecule has 12 nitrogen and oxygen atoms in total. The Balaban J connectivity index is 0.000000154. The third-order valence-electron chi connectivity index (χ3n) is 10.6. The lowest BCUT2D eigenvalue weighted by molar-refractivity contribution is -0.134. The lowest BCUT2D eigenvalue weighted by Gasteiger charge is -2.37. The van der Waals surface area contributed by atoms with Crippen LogP contribution in [0.1, 0.15) is 110 Å². The summed E-state index contributed by atoms with van der Waals surface area (Å²) < 4.78 is 66.9. The van der Waals surface area contributed by atoms with Gasteiger partial charge in [0.05, 0.1) is 47.6 Å². The number of likely N-dealkylation sites (tertiary alicyclic amines) is 1. The highest BCUT2D eigenvalue weighted by atomic mass is 19.3. The molecule has 0 radical (unpaired) electrons. The monoisotopic (exact) mass is 792 g/mol. The molecule has 57 heavy (non-hydrogen) atoms. The Labute approximate surface area is 328 Å². The molecular formula is C41H48F4N8O4. The third-order valence-corrected chi connectivity index (χ3v) is 10.6. The Morgan fingerprint density at radius 1 is 1.02 bits per heavy atom. The largest absolute Gasteiger partial charge is 0.490 e. The van der Waals surface area contributed by atoms with E-state index in [1.807, 2.05) is 49.8 Å². The number of nitrogens with zero attached hydrogens (tertiary/aromatic N) is 6. The van der Waals surface area contributed by atoms with Gasteiger partial charge in [0.1, 0.15) is 23.0 Å². The van der Waals surface area contributed by atoms with Gasteiger partial charge in [-0.2, -0.15) is 5.10 Å². The molecule has 8 rings (SSSR count). The number of halogens is 4. The number of piperidine rings is 2. The van der Waals surface area contributed by atoms with Gasteiger partial charge >= 0.3 is 0 Å². The summed E-state index contributed by atoms with van der Waals surface area (Å²) in [5.41, 5.74) is 3.81. The van der Waals surface area contributed by atoms with Crippen molar-refractivity contribution < 1.29 is 36.7 Å². The predicted octanol–water partition coefficient (Wildman–Crippen LogP) is 7.29. The van der Waals surface area contributed by atoms with Crippen LogP contribution in [-0.4, -0.2) is 86.2 Å². The van der Waals surface area contributed by atoms with E-state index in [-0.39, 0.29) is 36.5 Å². The van der Waals surface area contributed by atoms with Crippen molar-refractivity contribution in [1.29, 1.82) is 0 Å². The Bertz CT molecular complexity index is 2220. The fourth-order valence-electron chi connectivity index (χ4n) is 7.69. The average molecular weight is 793 g/mol. The number of carbonyl (C=O) groups excluding carboxylic acids is 3. The van der Waals surface area contributed by atoms with Crippen molar-refractivity contribution in [3.8, 4) is 5.75 Å². The minimum atomic E-state index is -3.17. The Hall–Kier alpha value is -5.38. The first kappa shape index (κ1) is 41.3. The van der Waals surface area contributed by atoms with Crippen molar-refractivity contribution in [3.05, 3.63) is 89.3 Å². The number of aromatic nitrogens is 5. The average Bonchev–Trinajstić information content (AvgIpc) is 3.80. The number of imidazole rings is 1. The van der Waals surface area contributed by atoms with E-state index in [1.165, 1.54) is 37.0 Å². The predicted molar refractivity (Wildman–Crippen MR) is 206 cm³/mol. The van der Waals surface area contributed by atoms with E-state index < -0.39 is 47.8 Å². The number of rotatable bonds is 7. The number of hydrogen-bond donors (Lipinski definition) is 2. The lowest BCUT2D eigenvalue weighted by atomic mass is 9.83. The molecule has 1 saturated carbocycles. The van der Waals surface area contributed by atoms with Crippen LogP contribution in [0, 0.1) is 11.6 Å². The molecule has 2 atom stereocenters. The van der Waals surface area contributed by atoms with Crippen molar-refractivity contribution >= 4 is 35.1 Å². The van der Waals surface area contributed by atoms with E-state index in [4.69, 9.17) is 9.72 Å². The van der Waals surface area contributed by atoms with Gasteiger partial charge in [-0.15, -0.1) is 0 Å². The highest BCUT2D eigenvalue weighted by molar-refractivity contribution is 6.01. The lowest BCUT2D eigenvalue weighted by Crippen LogP contribution is -2.45. The number of carbonyl (C=O) groups is 3. The Kier molecular flexibility index (Phi) is 12.9. The van der Waals surface area contributed by atoms with Gasteiger partial charge in [-0.25, -0.2) is 32.0 Å². The number of pyridine rings is 1. The van der Waals surface area contributed by atoms with Crippen LogP contribution in [0.4, 0.5) is 23.2 Å². The van der Waals surface area contributed by atoms with E-state index in [1.54, 1.807) is 24.0 Å². The van der Waals surface area contributed by atoms with Crippen molar-refractivity contribution in [1.82, 2.24) is 34.2 Å². The fourth-order valence-corrected chi connectivity index (χ4v) is 7.69. The molecule has 5 aromatic rings. The number of anilines is 1. The second-order valence-electron chi connectivity index (χ2n) is 15.1. The van der Waals surface area contributed by atoms with Gasteiger partial charge in [-0.05, 0) is 76.9 Å². The summed E-state index contributed by atoms with van der Waals surface area (Å²) in [6, 6.07) is 5.31. The summed E-state index contributed by atoms with van der Waals surface area (Å²) >= 11 is 0. The summed E-state index contributed by atoms with van der Waals surface area (Å²) in [4.78, 5) is 44.6. The highest BCUT2D eigenvalue weighted by Crippen LogP contribution is 2.42. The Morgan fingerprint density at radius 2 is 1.75 bits per heavy atom. The number of imide groups is 1. The molecule has 2 amide bonds. The molecule has 0 spiro atoms. The van der Waals surface area contributed by atoms with Crippen LogP contribution in [-0.2, 0) is 9.59 Å². The zero-order valence-electron chi connectivity index (χ0n) is 32.5. The van der Waals surface area contributed by atoms with Gasteiger partial charge in [-0.1, -0.05) is 19.3 Å². The zero-order chi connectivity index (χ0) is 40.9. The quantitative estimate of drug-likeness (QED) is 0.0990. The summed E-state index contributed by atoms with van der Waals surface area (Å²) in [6.45, 7) is 3.75. The van der Waals surface area contributed by atoms with Crippen LogP contribution in [0.25, 0.3) is 11.3 Å². The van der Waals surface area contributed by atoms with Gasteiger partial charge < -0.3 is 19.4 Å². The van der Waals surface area contributed by atoms with Gasteiger partial charge in [0.25, 0.3) is 5.92 Å². The summed E-state index contributed by atoms with van der Waals surface area (Å²) in [5, 5.41) is 9.16. The Morgan fingerprint density at radius 3 is 2.44 bits per heavy atom. The van der Waals surface area contributed by atoms with E-state index in [0.717, 1.165) is 41.1 Å². The first-order valence-electron chi connectivity index (χ1n) is 19.3. The first-order valence-corrected chi connectivity index (χ1v) is 19.3. The van der Waals surface area contributed by atoms with Crippen LogP contribution < -0.4 is 15.4 Å². The van der Waals surface area contributed by atoms with Gasteiger partial charge in [0.2, 0.25) is 11.8 Å². The maximum atomic E-state index is 14.5. The number of hydrogen-bond acceptors (Lipinski definition) is 9. The van der Waals surface area contributed by atoms with Crippen molar-refractivity contribution in [3.63, 3.8) is 0 Å². The molecule has 2 N–H and O–H groups in total. The summed E-state index contributed by atoms with van der Waals surface area (Å²) in [5.74, 6) is -7.42. The second-order valence-corrected chi connectivity index (χ2v) is 15.1. The molecule has 2 unspecified atom stereocenters. The number of nitrogens with one attached hydrogen (secondary N) is 2. The molecule has 2 aliphatic heterocycles. The van der Waals surface area contributed by atoms with E-state index in [9.17, 15) is 31.9 Å². The summed E-state index contributed by atoms with van der Waals surface area (Å²) in [7, 11) is 3.40. The SMILES string of the molecule is CC(C)Oc1cc2nc(C3CCCCC3)cn2cc1C=O.CN1CCC(c2cc(F)c(C3CCC(=O)NC3=O)cc2F)C(F)(F)C1.CNc1cnn2cccnc12. The molecule has 3 aliphatic rings. The van der Waals surface area contributed by atoms with Crippen LogP contribution in [0.3, 0.4) is 0 Å². The highest BCUT2D eigenvalue weighted by Gasteiger charge is 2.46. The maximum absolute atomic E-state index is 14.5. The molecule has 16 heteroatoms. The van der Waals surface area contributed by atoms with Crippen molar-refractivity contribution in [2.24, 2.45) is 0 Å². The van der Waals surface area contributed by atoms with Crippen molar-refractivity contribution in [2.75, 3.05) is 32.5 Å². The smallest absolute Gasteiger partial charge is 0.267 e. The topological polar surface area (TPSA) is 135 Å². The number of ether oxygens (including phenoxy) is 1. The van der Waals surface area contributed by atoms with Gasteiger partial charge in [-0.3, -0.25) is 19.7 Å². The van der Waals surface area contributed by atoms with Crippen LogP contribution in [0.5, 0.6) is 5.75 Å². The van der Waals surface area contributed by atoms with Gasteiger partial charge in [0, 0.05) is 55.8 Å². The molecule has 2 saturated heterocycles. The molecular weight excluding hydrogens is 744 g/mol. The number of aldehydes is 1. The van der Waals surface area contributed by atoms with Crippen LogP contribution in [0.15, 0.2) is 55.2 Å². The van der Waals surface area contributed by atoms with Crippen molar-refractivity contribution in [2.45, 2.75) is 95.0 Å². The number of amides is 2. The van der Waals surface area contributed by atoms with Gasteiger partial charge in [0.15, 0.2) is 11.9 Å². The molecule has 4 aromatic heterocycles. The minimum Gasteiger partial charge on any atom is -0.490 e.